The third-order valence-corrected chi connectivity index (χ3v) is 9.02. The van der Waals surface area contributed by atoms with E-state index in [2.05, 4.69) is 49.8 Å². The Morgan fingerprint density at radius 3 is 2.51 bits per heavy atom. The number of piperidine rings is 1. The van der Waals surface area contributed by atoms with Crippen molar-refractivity contribution in [1.29, 1.82) is 0 Å². The molecule has 1 saturated heterocycles. The Hall–Kier alpha value is -4.32. The second-order valence-electron chi connectivity index (χ2n) is 12.1. The number of rotatable bonds is 8. The summed E-state index contributed by atoms with van der Waals surface area (Å²) in [5.74, 6) is -4.14. The first-order valence-electron chi connectivity index (χ1n) is 15.5. The molecule has 0 bridgehead atoms. The van der Waals surface area contributed by atoms with Crippen molar-refractivity contribution >= 4 is 35.0 Å². The van der Waals surface area contributed by atoms with E-state index in [-0.39, 0.29) is 35.4 Å². The van der Waals surface area contributed by atoms with Crippen LogP contribution in [0, 0.1) is 0 Å². The second kappa shape index (κ2) is 13.0. The summed E-state index contributed by atoms with van der Waals surface area (Å²) < 4.78 is 35.4. The zero-order valence-corrected chi connectivity index (χ0v) is 25.6. The lowest BCUT2D eigenvalue weighted by Crippen LogP contribution is -2.48. The highest BCUT2D eigenvalue weighted by molar-refractivity contribution is 6.02. The Balaban J connectivity index is 1.14. The fourth-order valence-electron chi connectivity index (χ4n) is 6.51. The highest BCUT2D eigenvalue weighted by atomic mass is 19.3. The molecule has 3 heterocycles. The number of likely N-dealkylation sites (tertiary alicyclic amines) is 1. The summed E-state index contributed by atoms with van der Waals surface area (Å²) in [6, 6.07) is 15.4. The predicted octanol–water partition coefficient (Wildman–Crippen LogP) is 4.98. The van der Waals surface area contributed by atoms with Crippen LogP contribution in [0.2, 0.25) is 0 Å². The van der Waals surface area contributed by atoms with E-state index in [4.69, 9.17) is 4.74 Å². The van der Waals surface area contributed by atoms with Crippen LogP contribution in [0.25, 0.3) is 0 Å². The molecule has 45 heavy (non-hydrogen) atoms. The van der Waals surface area contributed by atoms with Gasteiger partial charge >= 0.3 is 5.92 Å². The van der Waals surface area contributed by atoms with Gasteiger partial charge in [0.1, 0.15) is 11.4 Å². The number of amides is 2. The Morgan fingerprint density at radius 1 is 1.07 bits per heavy atom. The average Bonchev–Trinajstić information content (AvgIpc) is 3.57. The summed E-state index contributed by atoms with van der Waals surface area (Å²) in [5.41, 5.74) is 2.49. The smallest absolute Gasteiger partial charge is 0.342 e. The average molecular weight is 620 g/mol. The van der Waals surface area contributed by atoms with E-state index in [1.54, 1.807) is 23.1 Å². The van der Waals surface area contributed by atoms with E-state index >= 15 is 0 Å². The number of hydrogen-bond acceptors (Lipinski definition) is 8. The SMILES string of the molecule is COc1cc(C(=O)NC2CCN(Cc3ccccc3)CC2)ccc1Nc1ncc2c(n1)N(C1CCCC1)CC(F)(F)C(=O)N2C. The Bertz CT molecular complexity index is 1530. The van der Waals surface area contributed by atoms with Crippen LogP contribution in [0.4, 0.5) is 31.9 Å². The topological polar surface area (TPSA) is 103 Å². The molecule has 0 spiro atoms. The predicted molar refractivity (Wildman–Crippen MR) is 168 cm³/mol. The van der Waals surface area contributed by atoms with Crippen molar-refractivity contribution in [1.82, 2.24) is 20.2 Å². The van der Waals surface area contributed by atoms with Crippen LogP contribution in [0.5, 0.6) is 5.75 Å². The zero-order valence-electron chi connectivity index (χ0n) is 25.6. The summed E-state index contributed by atoms with van der Waals surface area (Å²) >= 11 is 0. The van der Waals surface area contributed by atoms with Gasteiger partial charge in [0, 0.05) is 44.3 Å². The minimum Gasteiger partial charge on any atom is -0.495 e. The number of halogens is 2. The van der Waals surface area contributed by atoms with Gasteiger partial charge < -0.3 is 25.2 Å². The molecule has 2 aromatic carbocycles. The number of anilines is 4. The second-order valence-corrected chi connectivity index (χ2v) is 12.1. The minimum absolute atomic E-state index is 0.0847. The molecule has 1 aliphatic carbocycles. The number of methoxy groups -OCH3 is 1. The number of fused-ring (bicyclic) bond motifs is 1. The first kappa shape index (κ1) is 30.7. The highest BCUT2D eigenvalue weighted by Gasteiger charge is 2.48. The van der Waals surface area contributed by atoms with Gasteiger partial charge in [-0.15, -0.1) is 0 Å². The van der Waals surface area contributed by atoms with Crippen molar-refractivity contribution in [2.24, 2.45) is 0 Å². The molecule has 3 aromatic rings. The number of carbonyl (C=O) groups is 2. The molecule has 12 heteroatoms. The van der Waals surface area contributed by atoms with Crippen LogP contribution in [-0.2, 0) is 11.3 Å². The van der Waals surface area contributed by atoms with Gasteiger partial charge in [0.05, 0.1) is 25.5 Å². The summed E-state index contributed by atoms with van der Waals surface area (Å²) in [6.07, 6.45) is 6.52. The van der Waals surface area contributed by atoms with E-state index < -0.39 is 18.4 Å². The molecular formula is C33H39F2N7O3. The van der Waals surface area contributed by atoms with Crippen LogP contribution in [0.15, 0.2) is 54.7 Å². The molecule has 10 nitrogen and oxygen atoms in total. The molecule has 0 radical (unpaired) electrons. The molecule has 1 aromatic heterocycles. The maximum Gasteiger partial charge on any atom is 0.342 e. The molecule has 2 amide bonds. The third kappa shape index (κ3) is 6.70. The van der Waals surface area contributed by atoms with E-state index in [1.807, 2.05) is 6.07 Å². The largest absolute Gasteiger partial charge is 0.495 e. The Morgan fingerprint density at radius 2 is 1.80 bits per heavy atom. The molecule has 2 aliphatic heterocycles. The Labute approximate surface area is 261 Å². The monoisotopic (exact) mass is 619 g/mol. The summed E-state index contributed by atoms with van der Waals surface area (Å²) in [4.78, 5) is 39.6. The fourth-order valence-corrected chi connectivity index (χ4v) is 6.51. The van der Waals surface area contributed by atoms with Crippen molar-refractivity contribution in [3.63, 3.8) is 0 Å². The van der Waals surface area contributed by atoms with Gasteiger partial charge in [-0.2, -0.15) is 13.8 Å². The van der Waals surface area contributed by atoms with Gasteiger partial charge in [0.15, 0.2) is 5.82 Å². The van der Waals surface area contributed by atoms with Gasteiger partial charge in [-0.1, -0.05) is 43.2 Å². The van der Waals surface area contributed by atoms with Gasteiger partial charge in [-0.25, -0.2) is 4.98 Å². The lowest BCUT2D eigenvalue weighted by Gasteiger charge is -2.32. The number of benzene rings is 2. The lowest BCUT2D eigenvalue weighted by atomic mass is 10.0. The fraction of sp³-hybridized carbons (Fsp3) is 0.455. The minimum atomic E-state index is -3.55. The molecule has 2 N–H and O–H groups in total. The molecule has 238 valence electrons. The van der Waals surface area contributed by atoms with Crippen molar-refractivity contribution in [3.8, 4) is 5.75 Å². The van der Waals surface area contributed by atoms with Crippen molar-refractivity contribution in [3.05, 3.63) is 65.9 Å². The van der Waals surface area contributed by atoms with Crippen LogP contribution in [0.1, 0.15) is 54.4 Å². The van der Waals surface area contributed by atoms with Crippen LogP contribution in [-0.4, -0.2) is 78.5 Å². The molecule has 0 unspecified atom stereocenters. The van der Waals surface area contributed by atoms with Crippen LogP contribution >= 0.6 is 0 Å². The molecule has 1 saturated carbocycles. The van der Waals surface area contributed by atoms with Crippen molar-refractivity contribution in [2.75, 3.05) is 48.9 Å². The van der Waals surface area contributed by atoms with Crippen LogP contribution < -0.4 is 25.2 Å². The molecular weight excluding hydrogens is 580 g/mol. The lowest BCUT2D eigenvalue weighted by molar-refractivity contribution is -0.140. The Kier molecular flexibility index (Phi) is 8.84. The first-order chi connectivity index (χ1) is 21.7. The summed E-state index contributed by atoms with van der Waals surface area (Å²) in [5, 5.41) is 6.28. The van der Waals surface area contributed by atoms with Gasteiger partial charge in [0.25, 0.3) is 11.8 Å². The number of nitrogens with zero attached hydrogens (tertiary/aromatic N) is 5. The maximum absolute atomic E-state index is 14.9. The van der Waals surface area contributed by atoms with Gasteiger partial charge in [-0.05, 0) is 49.4 Å². The molecule has 2 fully saturated rings. The van der Waals surface area contributed by atoms with Crippen molar-refractivity contribution in [2.45, 2.75) is 63.1 Å². The molecule has 0 atom stereocenters. The van der Waals surface area contributed by atoms with Gasteiger partial charge in [0.2, 0.25) is 5.95 Å². The number of alkyl halides is 2. The first-order valence-corrected chi connectivity index (χ1v) is 15.5. The molecule has 3 aliphatic rings. The standard InChI is InChI=1S/C33H39F2N7O3/c1-40-27-19-36-32(39-29(27)42(25-10-6-7-11-25)21-33(34,35)31(40)44)38-26-13-12-23(18-28(26)45-2)30(43)37-24-14-16-41(17-15-24)20-22-8-4-3-5-9-22/h3-5,8-9,12-13,18-19,24-25H,6-7,10-11,14-17,20-21H2,1-2H3,(H,37,43)(H,36,38,39). The summed E-state index contributed by atoms with van der Waals surface area (Å²) in [6.45, 7) is 1.99. The molecule has 6 rings (SSSR count). The number of hydrogen-bond donors (Lipinski definition) is 2. The van der Waals surface area contributed by atoms with Crippen molar-refractivity contribution < 1.29 is 23.1 Å². The number of ether oxygens (including phenoxy) is 1. The third-order valence-electron chi connectivity index (χ3n) is 9.02. The van der Waals surface area contributed by atoms with E-state index in [9.17, 15) is 18.4 Å². The quantitative estimate of drug-likeness (QED) is 0.364. The van der Waals surface area contributed by atoms with Gasteiger partial charge in [-0.3, -0.25) is 14.5 Å². The maximum atomic E-state index is 14.9. The normalized spacial score (nSPS) is 19.2. The van der Waals surface area contributed by atoms with Crippen LogP contribution in [0.3, 0.4) is 0 Å². The van der Waals surface area contributed by atoms with E-state index in [1.165, 1.54) is 25.9 Å². The zero-order chi connectivity index (χ0) is 31.6. The number of nitrogens with one attached hydrogen (secondary N) is 2. The number of carbonyl (C=O) groups excluding carboxylic acids is 2. The number of aromatic nitrogens is 2. The highest BCUT2D eigenvalue weighted by Crippen LogP contribution is 2.40. The van der Waals surface area contributed by atoms with E-state index in [0.717, 1.165) is 63.1 Å². The summed E-state index contributed by atoms with van der Waals surface area (Å²) in [7, 11) is 2.83. The van der Waals surface area contributed by atoms with E-state index in [0.29, 0.717) is 17.0 Å².